The second-order valence-electron chi connectivity index (χ2n) is 5.95. The summed E-state index contributed by atoms with van der Waals surface area (Å²) in [6.07, 6.45) is 0. The number of benzene rings is 2. The molecule has 0 aliphatic heterocycles. The van der Waals surface area contributed by atoms with Crippen LogP contribution < -0.4 is 10.1 Å². The van der Waals surface area contributed by atoms with E-state index in [1.807, 2.05) is 56.3 Å². The second-order valence-corrected chi connectivity index (χ2v) is 5.95. The number of methoxy groups -OCH3 is 1. The first kappa shape index (κ1) is 16.8. The summed E-state index contributed by atoms with van der Waals surface area (Å²) >= 11 is 0. The number of hydrogen-bond acceptors (Lipinski definition) is 3. The Hall–Kier alpha value is -3.08. The van der Waals surface area contributed by atoms with Gasteiger partial charge >= 0.3 is 0 Å². The standard InChI is InChI=1S/C20H21N3O2/c1-14-5-4-6-16(11-14)13-21-20(24)19-12-15(2)23(22-19)17-7-9-18(25-3)10-8-17/h4-12H,13H2,1-3H3,(H,21,24). The zero-order chi connectivity index (χ0) is 17.8. The molecular weight excluding hydrogens is 314 g/mol. The Morgan fingerprint density at radius 3 is 2.56 bits per heavy atom. The van der Waals surface area contributed by atoms with Crippen molar-refractivity contribution in [3.63, 3.8) is 0 Å². The number of aryl methyl sites for hydroxylation is 2. The van der Waals surface area contributed by atoms with Gasteiger partial charge in [0, 0.05) is 12.2 Å². The Bertz CT molecular complexity index is 882. The van der Waals surface area contributed by atoms with Crippen molar-refractivity contribution in [2.75, 3.05) is 7.11 Å². The molecule has 128 valence electrons. The van der Waals surface area contributed by atoms with Crippen molar-refractivity contribution >= 4 is 5.91 Å². The Balaban J connectivity index is 1.73. The highest BCUT2D eigenvalue weighted by Gasteiger charge is 2.13. The SMILES string of the molecule is COc1ccc(-n2nc(C(=O)NCc3cccc(C)c3)cc2C)cc1. The van der Waals surface area contributed by atoms with E-state index in [-0.39, 0.29) is 5.91 Å². The monoisotopic (exact) mass is 335 g/mol. The average Bonchev–Trinajstić information content (AvgIpc) is 3.02. The molecule has 0 atom stereocenters. The van der Waals surface area contributed by atoms with Crippen LogP contribution in [0.5, 0.6) is 5.75 Å². The van der Waals surface area contributed by atoms with Gasteiger partial charge in [-0.15, -0.1) is 0 Å². The van der Waals surface area contributed by atoms with Crippen LogP contribution in [0.25, 0.3) is 5.69 Å². The summed E-state index contributed by atoms with van der Waals surface area (Å²) in [5.74, 6) is 0.599. The van der Waals surface area contributed by atoms with Gasteiger partial charge in [0.15, 0.2) is 5.69 Å². The lowest BCUT2D eigenvalue weighted by Crippen LogP contribution is -2.23. The van der Waals surface area contributed by atoms with Crippen LogP contribution in [0, 0.1) is 13.8 Å². The molecule has 25 heavy (non-hydrogen) atoms. The fourth-order valence-electron chi connectivity index (χ4n) is 2.67. The molecule has 3 rings (SSSR count). The zero-order valence-corrected chi connectivity index (χ0v) is 14.6. The number of ether oxygens (including phenoxy) is 1. The van der Waals surface area contributed by atoms with Gasteiger partial charge < -0.3 is 10.1 Å². The fourth-order valence-corrected chi connectivity index (χ4v) is 2.67. The van der Waals surface area contributed by atoms with Gasteiger partial charge in [-0.3, -0.25) is 4.79 Å². The first-order chi connectivity index (χ1) is 12.1. The maximum absolute atomic E-state index is 12.4. The average molecular weight is 335 g/mol. The lowest BCUT2D eigenvalue weighted by Gasteiger charge is -2.06. The van der Waals surface area contributed by atoms with E-state index in [1.54, 1.807) is 17.9 Å². The molecule has 0 bridgehead atoms. The largest absolute Gasteiger partial charge is 0.497 e. The molecule has 0 saturated carbocycles. The summed E-state index contributed by atoms with van der Waals surface area (Å²) in [5, 5.41) is 7.35. The molecule has 1 N–H and O–H groups in total. The smallest absolute Gasteiger partial charge is 0.272 e. The lowest BCUT2D eigenvalue weighted by molar-refractivity contribution is 0.0945. The van der Waals surface area contributed by atoms with E-state index in [2.05, 4.69) is 16.5 Å². The quantitative estimate of drug-likeness (QED) is 0.777. The fraction of sp³-hybridized carbons (Fsp3) is 0.200. The van der Waals surface area contributed by atoms with Gasteiger partial charge in [-0.05, 0) is 49.7 Å². The maximum atomic E-state index is 12.4. The number of amides is 1. The summed E-state index contributed by atoms with van der Waals surface area (Å²) in [7, 11) is 1.63. The van der Waals surface area contributed by atoms with Crippen molar-refractivity contribution in [3.8, 4) is 11.4 Å². The molecule has 0 saturated heterocycles. The Morgan fingerprint density at radius 2 is 1.88 bits per heavy atom. The molecule has 0 unspecified atom stereocenters. The van der Waals surface area contributed by atoms with Gasteiger partial charge in [-0.1, -0.05) is 29.8 Å². The van der Waals surface area contributed by atoms with E-state index in [0.29, 0.717) is 12.2 Å². The third-order valence-corrected chi connectivity index (χ3v) is 3.97. The molecule has 1 amide bonds. The third-order valence-electron chi connectivity index (χ3n) is 3.97. The van der Waals surface area contributed by atoms with Crippen molar-refractivity contribution in [2.24, 2.45) is 0 Å². The number of rotatable bonds is 5. The minimum absolute atomic E-state index is 0.183. The van der Waals surface area contributed by atoms with Crippen LogP contribution in [0.15, 0.2) is 54.6 Å². The normalized spacial score (nSPS) is 10.5. The predicted octanol–water partition coefficient (Wildman–Crippen LogP) is 3.43. The minimum Gasteiger partial charge on any atom is -0.497 e. The highest BCUT2D eigenvalue weighted by Crippen LogP contribution is 2.17. The molecule has 2 aromatic carbocycles. The topological polar surface area (TPSA) is 56.2 Å². The van der Waals surface area contributed by atoms with Crippen LogP contribution in [0.3, 0.4) is 0 Å². The van der Waals surface area contributed by atoms with Gasteiger partial charge in [-0.2, -0.15) is 5.10 Å². The van der Waals surface area contributed by atoms with Crippen LogP contribution >= 0.6 is 0 Å². The molecule has 0 aliphatic carbocycles. The highest BCUT2D eigenvalue weighted by molar-refractivity contribution is 5.92. The Labute approximate surface area is 147 Å². The van der Waals surface area contributed by atoms with Gasteiger partial charge in [0.2, 0.25) is 0 Å². The molecule has 0 aliphatic rings. The van der Waals surface area contributed by atoms with E-state index < -0.39 is 0 Å². The van der Waals surface area contributed by atoms with Crippen molar-refractivity contribution in [3.05, 3.63) is 77.1 Å². The van der Waals surface area contributed by atoms with E-state index in [0.717, 1.165) is 22.7 Å². The molecular formula is C20H21N3O2. The number of nitrogens with one attached hydrogen (secondary N) is 1. The highest BCUT2D eigenvalue weighted by atomic mass is 16.5. The number of nitrogens with zero attached hydrogens (tertiary/aromatic N) is 2. The first-order valence-electron chi connectivity index (χ1n) is 8.11. The second kappa shape index (κ2) is 7.21. The molecule has 1 heterocycles. The van der Waals surface area contributed by atoms with Crippen molar-refractivity contribution in [2.45, 2.75) is 20.4 Å². The summed E-state index contributed by atoms with van der Waals surface area (Å²) in [5.41, 5.74) is 4.42. The lowest BCUT2D eigenvalue weighted by atomic mass is 10.1. The maximum Gasteiger partial charge on any atom is 0.272 e. The van der Waals surface area contributed by atoms with Gasteiger partial charge in [0.1, 0.15) is 5.75 Å². The van der Waals surface area contributed by atoms with Crippen LogP contribution in [-0.2, 0) is 6.54 Å². The van der Waals surface area contributed by atoms with E-state index >= 15 is 0 Å². The van der Waals surface area contributed by atoms with E-state index in [1.165, 1.54) is 5.56 Å². The first-order valence-corrected chi connectivity index (χ1v) is 8.11. The molecule has 5 nitrogen and oxygen atoms in total. The van der Waals surface area contributed by atoms with Crippen LogP contribution in [0.1, 0.15) is 27.3 Å². The summed E-state index contributed by atoms with van der Waals surface area (Å²) in [6.45, 7) is 4.44. The van der Waals surface area contributed by atoms with Crippen LogP contribution in [0.4, 0.5) is 0 Å². The Kier molecular flexibility index (Phi) is 4.84. The summed E-state index contributed by atoms with van der Waals surface area (Å²) < 4.78 is 6.92. The zero-order valence-electron chi connectivity index (χ0n) is 14.6. The molecule has 0 spiro atoms. The van der Waals surface area contributed by atoms with Crippen molar-refractivity contribution in [1.29, 1.82) is 0 Å². The van der Waals surface area contributed by atoms with E-state index in [9.17, 15) is 4.79 Å². The number of hydrogen-bond donors (Lipinski definition) is 1. The van der Waals surface area contributed by atoms with Gasteiger partial charge in [0.05, 0.1) is 12.8 Å². The number of aromatic nitrogens is 2. The number of carbonyl (C=O) groups excluding carboxylic acids is 1. The molecule has 0 radical (unpaired) electrons. The third kappa shape index (κ3) is 3.88. The van der Waals surface area contributed by atoms with Gasteiger partial charge in [-0.25, -0.2) is 4.68 Å². The number of carbonyl (C=O) groups is 1. The predicted molar refractivity (Wildman–Crippen MR) is 97.2 cm³/mol. The summed E-state index contributed by atoms with van der Waals surface area (Å²) in [6, 6.07) is 17.4. The molecule has 3 aromatic rings. The van der Waals surface area contributed by atoms with Crippen molar-refractivity contribution < 1.29 is 9.53 Å². The van der Waals surface area contributed by atoms with Gasteiger partial charge in [0.25, 0.3) is 5.91 Å². The van der Waals surface area contributed by atoms with Crippen LogP contribution in [0.2, 0.25) is 0 Å². The Morgan fingerprint density at radius 1 is 1.12 bits per heavy atom. The molecule has 0 fully saturated rings. The summed E-state index contributed by atoms with van der Waals surface area (Å²) in [4.78, 5) is 12.4. The molecule has 5 heteroatoms. The van der Waals surface area contributed by atoms with Crippen LogP contribution in [-0.4, -0.2) is 22.8 Å². The van der Waals surface area contributed by atoms with Crippen molar-refractivity contribution in [1.82, 2.24) is 15.1 Å². The molecule has 1 aromatic heterocycles. The van der Waals surface area contributed by atoms with E-state index in [4.69, 9.17) is 4.74 Å². The minimum atomic E-state index is -0.183.